The third-order valence-electron chi connectivity index (χ3n) is 4.40. The largest absolute Gasteiger partial charge is 0.339 e. The van der Waals surface area contributed by atoms with Crippen molar-refractivity contribution in [2.24, 2.45) is 0 Å². The Kier molecular flexibility index (Phi) is 8.69. The quantitative estimate of drug-likeness (QED) is 0.676. The van der Waals surface area contributed by atoms with Crippen molar-refractivity contribution in [2.75, 3.05) is 32.0 Å². The van der Waals surface area contributed by atoms with E-state index in [9.17, 15) is 9.59 Å². The lowest BCUT2D eigenvalue weighted by molar-refractivity contribution is -0.117. The van der Waals surface area contributed by atoms with Gasteiger partial charge in [-0.1, -0.05) is 44.2 Å². The molecule has 0 bridgehead atoms. The third kappa shape index (κ3) is 6.82. The van der Waals surface area contributed by atoms with Crippen LogP contribution in [0.15, 0.2) is 54.6 Å². The summed E-state index contributed by atoms with van der Waals surface area (Å²) in [6.07, 6.45) is 1.88. The number of hydrogen-bond acceptors (Lipinski definition) is 3. The van der Waals surface area contributed by atoms with E-state index in [1.54, 1.807) is 24.3 Å². The second-order valence-corrected chi connectivity index (χ2v) is 7.08. The van der Waals surface area contributed by atoms with E-state index in [-0.39, 0.29) is 11.8 Å². The van der Waals surface area contributed by atoms with Gasteiger partial charge in [0.25, 0.3) is 5.91 Å². The van der Waals surface area contributed by atoms with Crippen molar-refractivity contribution in [1.29, 1.82) is 0 Å². The van der Waals surface area contributed by atoms with Crippen LogP contribution < -0.4 is 5.32 Å². The summed E-state index contributed by atoms with van der Waals surface area (Å²) in [6, 6.07) is 17.2. The van der Waals surface area contributed by atoms with E-state index in [1.165, 1.54) is 5.56 Å². The molecular formula is C23H31N3O2. The molecule has 2 rings (SSSR count). The molecule has 0 aliphatic rings. The predicted octanol–water partition coefficient (Wildman–Crippen LogP) is 4.02. The van der Waals surface area contributed by atoms with Crippen molar-refractivity contribution in [3.8, 4) is 0 Å². The van der Waals surface area contributed by atoms with Crippen LogP contribution in [0.25, 0.3) is 0 Å². The number of carbonyl (C=O) groups excluding carboxylic acids is 2. The van der Waals surface area contributed by atoms with Gasteiger partial charge in [-0.25, -0.2) is 0 Å². The summed E-state index contributed by atoms with van der Waals surface area (Å²) < 4.78 is 0. The highest BCUT2D eigenvalue weighted by Gasteiger charge is 2.14. The normalized spacial score (nSPS) is 10.7. The fourth-order valence-electron chi connectivity index (χ4n) is 3.13. The van der Waals surface area contributed by atoms with Crippen LogP contribution in [-0.4, -0.2) is 48.3 Å². The Hall–Kier alpha value is -2.66. The molecule has 0 saturated heterocycles. The maximum atomic E-state index is 12.6. The molecule has 0 fully saturated rings. The van der Waals surface area contributed by atoms with Crippen molar-refractivity contribution in [2.45, 2.75) is 33.2 Å². The third-order valence-corrected chi connectivity index (χ3v) is 4.40. The molecule has 0 heterocycles. The number of hydrogen-bond donors (Lipinski definition) is 1. The van der Waals surface area contributed by atoms with Crippen LogP contribution in [0.1, 0.15) is 42.6 Å². The first-order valence-corrected chi connectivity index (χ1v) is 9.95. The molecule has 2 amide bonds. The van der Waals surface area contributed by atoms with Crippen LogP contribution in [0, 0.1) is 0 Å². The van der Waals surface area contributed by atoms with E-state index in [4.69, 9.17) is 0 Å². The van der Waals surface area contributed by atoms with Crippen molar-refractivity contribution < 1.29 is 9.59 Å². The summed E-state index contributed by atoms with van der Waals surface area (Å²) in [6.45, 7) is 6.69. The molecule has 2 aromatic carbocycles. The minimum Gasteiger partial charge on any atom is -0.339 e. The van der Waals surface area contributed by atoms with E-state index in [1.807, 2.05) is 47.2 Å². The fourth-order valence-corrected chi connectivity index (χ4v) is 3.13. The Morgan fingerprint density at radius 1 is 0.893 bits per heavy atom. The summed E-state index contributed by atoms with van der Waals surface area (Å²) in [5, 5.41) is 2.90. The van der Waals surface area contributed by atoms with Gasteiger partial charge in [0, 0.05) is 30.9 Å². The fraction of sp³-hybridized carbons (Fsp3) is 0.391. The Balaban J connectivity index is 1.88. The summed E-state index contributed by atoms with van der Waals surface area (Å²) in [4.78, 5) is 28.7. The predicted molar refractivity (Wildman–Crippen MR) is 114 cm³/mol. The number of nitrogens with zero attached hydrogens (tertiary/aromatic N) is 2. The monoisotopic (exact) mass is 381 g/mol. The molecule has 150 valence electrons. The SMILES string of the molecule is CCCN(CCC)C(=O)c1ccc(NC(=O)CN(C)Cc2ccccc2)cc1. The van der Waals surface area contributed by atoms with Crippen LogP contribution in [-0.2, 0) is 11.3 Å². The zero-order valence-corrected chi connectivity index (χ0v) is 17.1. The molecule has 0 radical (unpaired) electrons. The standard InChI is InChI=1S/C23H31N3O2/c1-4-15-26(16-5-2)23(28)20-11-13-21(14-12-20)24-22(27)18-25(3)17-19-9-7-6-8-10-19/h6-14H,4-5,15-18H2,1-3H3,(H,24,27). The van der Waals surface area contributed by atoms with Gasteiger partial charge in [-0.3, -0.25) is 14.5 Å². The van der Waals surface area contributed by atoms with Gasteiger partial charge in [0.2, 0.25) is 5.91 Å². The number of carbonyl (C=O) groups is 2. The van der Waals surface area contributed by atoms with Crippen LogP contribution in [0.2, 0.25) is 0 Å². The maximum Gasteiger partial charge on any atom is 0.253 e. The highest BCUT2D eigenvalue weighted by molar-refractivity contribution is 5.96. The summed E-state index contributed by atoms with van der Waals surface area (Å²) in [7, 11) is 1.92. The van der Waals surface area contributed by atoms with Crippen molar-refractivity contribution in [3.05, 3.63) is 65.7 Å². The molecule has 5 nitrogen and oxygen atoms in total. The molecule has 28 heavy (non-hydrogen) atoms. The Morgan fingerprint density at radius 2 is 1.50 bits per heavy atom. The van der Waals surface area contributed by atoms with Gasteiger partial charge in [-0.15, -0.1) is 0 Å². The minimum absolute atomic E-state index is 0.0455. The number of rotatable bonds is 10. The van der Waals surface area contributed by atoms with E-state index >= 15 is 0 Å². The smallest absolute Gasteiger partial charge is 0.253 e. The number of nitrogens with one attached hydrogen (secondary N) is 1. The summed E-state index contributed by atoms with van der Waals surface area (Å²) >= 11 is 0. The molecule has 0 aliphatic carbocycles. The maximum absolute atomic E-state index is 12.6. The van der Waals surface area contributed by atoms with E-state index in [0.29, 0.717) is 24.3 Å². The highest BCUT2D eigenvalue weighted by Crippen LogP contribution is 2.13. The zero-order valence-electron chi connectivity index (χ0n) is 17.1. The average Bonchev–Trinajstić information content (AvgIpc) is 2.68. The number of anilines is 1. The Bertz CT molecular complexity index is 738. The number of amides is 2. The highest BCUT2D eigenvalue weighted by atomic mass is 16.2. The summed E-state index contributed by atoms with van der Waals surface area (Å²) in [5.41, 5.74) is 2.53. The van der Waals surface area contributed by atoms with E-state index < -0.39 is 0 Å². The lowest BCUT2D eigenvalue weighted by atomic mass is 10.1. The van der Waals surface area contributed by atoms with Crippen LogP contribution in [0.4, 0.5) is 5.69 Å². The first-order valence-electron chi connectivity index (χ1n) is 9.95. The van der Waals surface area contributed by atoms with Gasteiger partial charge in [0.15, 0.2) is 0 Å². The first-order chi connectivity index (χ1) is 13.5. The average molecular weight is 382 g/mol. The molecular weight excluding hydrogens is 350 g/mol. The zero-order chi connectivity index (χ0) is 20.4. The van der Waals surface area contributed by atoms with Crippen LogP contribution in [0.5, 0.6) is 0 Å². The van der Waals surface area contributed by atoms with Crippen molar-refractivity contribution in [3.63, 3.8) is 0 Å². The van der Waals surface area contributed by atoms with Crippen LogP contribution in [0.3, 0.4) is 0 Å². The first kappa shape index (κ1) is 21.6. The molecule has 0 saturated carbocycles. The summed E-state index contributed by atoms with van der Waals surface area (Å²) in [5.74, 6) is -0.0275. The second-order valence-electron chi connectivity index (χ2n) is 7.08. The molecule has 2 aromatic rings. The number of benzene rings is 2. The second kappa shape index (κ2) is 11.2. The lowest BCUT2D eigenvalue weighted by Crippen LogP contribution is -2.32. The molecule has 0 aliphatic heterocycles. The van der Waals surface area contributed by atoms with Gasteiger partial charge < -0.3 is 10.2 Å². The molecule has 0 aromatic heterocycles. The molecule has 0 unspecified atom stereocenters. The van der Waals surface area contributed by atoms with Gasteiger partial charge in [0.1, 0.15) is 0 Å². The molecule has 1 N–H and O–H groups in total. The van der Waals surface area contributed by atoms with Gasteiger partial charge >= 0.3 is 0 Å². The Morgan fingerprint density at radius 3 is 2.07 bits per heavy atom. The van der Waals surface area contributed by atoms with E-state index in [0.717, 1.165) is 25.9 Å². The topological polar surface area (TPSA) is 52.7 Å². The minimum atomic E-state index is -0.0731. The van der Waals surface area contributed by atoms with Gasteiger partial charge in [0.05, 0.1) is 6.54 Å². The van der Waals surface area contributed by atoms with Crippen molar-refractivity contribution in [1.82, 2.24) is 9.80 Å². The number of likely N-dealkylation sites (N-methyl/N-ethyl adjacent to an activating group) is 1. The molecule has 0 spiro atoms. The Labute approximate surface area is 168 Å². The van der Waals surface area contributed by atoms with E-state index in [2.05, 4.69) is 19.2 Å². The van der Waals surface area contributed by atoms with Gasteiger partial charge in [-0.05, 0) is 49.7 Å². The van der Waals surface area contributed by atoms with Crippen LogP contribution >= 0.6 is 0 Å². The molecule has 0 atom stereocenters. The molecule has 5 heteroatoms. The van der Waals surface area contributed by atoms with Gasteiger partial charge in [-0.2, -0.15) is 0 Å². The lowest BCUT2D eigenvalue weighted by Gasteiger charge is -2.21. The van der Waals surface area contributed by atoms with Crippen molar-refractivity contribution >= 4 is 17.5 Å².